The number of amides is 1. The Kier molecular flexibility index (Phi) is 4.74. The minimum absolute atomic E-state index is 0.0858. The first-order valence-electron chi connectivity index (χ1n) is 8.19. The molecule has 0 unspecified atom stereocenters. The molecule has 130 valence electrons. The Morgan fingerprint density at radius 1 is 1.20 bits per heavy atom. The van der Waals surface area contributed by atoms with Gasteiger partial charge in [-0.25, -0.2) is 4.39 Å². The van der Waals surface area contributed by atoms with Crippen molar-refractivity contribution in [2.75, 3.05) is 20.2 Å². The summed E-state index contributed by atoms with van der Waals surface area (Å²) in [5, 5.41) is 1.05. The topological polar surface area (TPSA) is 45.3 Å². The van der Waals surface area contributed by atoms with Gasteiger partial charge in [-0.1, -0.05) is 12.1 Å². The molecule has 25 heavy (non-hydrogen) atoms. The average molecular weight is 340 g/mol. The van der Waals surface area contributed by atoms with Crippen LogP contribution in [0.4, 0.5) is 4.39 Å². The number of aromatic amines is 1. The number of H-pyrrole nitrogens is 1. The first-order valence-corrected chi connectivity index (χ1v) is 8.19. The van der Waals surface area contributed by atoms with E-state index in [2.05, 4.69) is 4.98 Å². The van der Waals surface area contributed by atoms with Gasteiger partial charge in [0.1, 0.15) is 6.61 Å². The summed E-state index contributed by atoms with van der Waals surface area (Å²) in [6.07, 6.45) is 0. The highest BCUT2D eigenvalue weighted by Crippen LogP contribution is 2.23. The van der Waals surface area contributed by atoms with Crippen LogP contribution in [0.25, 0.3) is 10.9 Å². The Balaban J connectivity index is 1.66. The minimum atomic E-state index is -0.403. The number of para-hydroxylation sites is 1. The van der Waals surface area contributed by atoms with Crippen molar-refractivity contribution in [1.82, 2.24) is 9.88 Å². The summed E-state index contributed by atoms with van der Waals surface area (Å²) in [5.74, 6) is -0.291. The van der Waals surface area contributed by atoms with E-state index >= 15 is 0 Å². The molecule has 0 aliphatic rings. The Hall–Kier alpha value is -2.82. The molecule has 0 aliphatic carbocycles. The van der Waals surface area contributed by atoms with Crippen molar-refractivity contribution >= 4 is 16.8 Å². The summed E-state index contributed by atoms with van der Waals surface area (Å²) in [4.78, 5) is 17.5. The number of aromatic nitrogens is 1. The lowest BCUT2D eigenvalue weighted by atomic mass is 10.1. The largest absolute Gasteiger partial charge is 0.489 e. The van der Waals surface area contributed by atoms with Crippen LogP contribution < -0.4 is 4.74 Å². The quantitative estimate of drug-likeness (QED) is 0.761. The molecule has 0 bridgehead atoms. The maximum absolute atomic E-state index is 13.5. The molecule has 2 aromatic carbocycles. The molecule has 1 heterocycles. The van der Waals surface area contributed by atoms with Crippen molar-refractivity contribution in [3.05, 3.63) is 65.1 Å². The van der Waals surface area contributed by atoms with Crippen molar-refractivity contribution < 1.29 is 13.9 Å². The van der Waals surface area contributed by atoms with E-state index in [1.165, 1.54) is 6.07 Å². The molecule has 0 saturated carbocycles. The van der Waals surface area contributed by atoms with Crippen LogP contribution in [-0.2, 0) is 0 Å². The van der Waals surface area contributed by atoms with E-state index in [0.717, 1.165) is 22.2 Å². The molecule has 1 aromatic heterocycles. The zero-order valence-electron chi connectivity index (χ0n) is 14.6. The number of hydrogen-bond donors (Lipinski definition) is 1. The second kappa shape index (κ2) is 6.97. The van der Waals surface area contributed by atoms with Crippen LogP contribution in [-0.4, -0.2) is 36.0 Å². The van der Waals surface area contributed by atoms with E-state index in [-0.39, 0.29) is 18.3 Å². The number of aryl methyl sites for hydroxylation is 2. The molecule has 3 rings (SSSR count). The minimum Gasteiger partial charge on any atom is -0.489 e. The van der Waals surface area contributed by atoms with Gasteiger partial charge in [-0.15, -0.1) is 0 Å². The third kappa shape index (κ3) is 3.50. The molecule has 4 nitrogen and oxygen atoms in total. The Morgan fingerprint density at radius 3 is 2.72 bits per heavy atom. The molecular formula is C20H21FN2O2. The highest BCUT2D eigenvalue weighted by molar-refractivity contribution is 5.98. The van der Waals surface area contributed by atoms with Gasteiger partial charge in [0.2, 0.25) is 0 Å². The fraction of sp³-hybridized carbons (Fsp3) is 0.250. The molecule has 0 atom stereocenters. The normalized spacial score (nSPS) is 10.9. The molecular weight excluding hydrogens is 319 g/mol. The molecule has 0 spiro atoms. The summed E-state index contributed by atoms with van der Waals surface area (Å²) in [7, 11) is 1.71. The molecule has 0 radical (unpaired) electrons. The number of rotatable bonds is 5. The first kappa shape index (κ1) is 17.0. The number of halogens is 1. The summed E-state index contributed by atoms with van der Waals surface area (Å²) in [5.41, 5.74) is 3.90. The van der Waals surface area contributed by atoms with Crippen LogP contribution in [0.3, 0.4) is 0 Å². The fourth-order valence-corrected chi connectivity index (χ4v) is 2.77. The van der Waals surface area contributed by atoms with Crippen LogP contribution >= 0.6 is 0 Å². The van der Waals surface area contributed by atoms with Gasteiger partial charge >= 0.3 is 0 Å². The number of likely N-dealkylation sites (N-methyl/N-ethyl adjacent to an activating group) is 1. The third-order valence-corrected chi connectivity index (χ3v) is 4.42. The standard InChI is InChI=1S/C20H21FN2O2/c1-13-14(2)22-18-9-8-15(12-16(13)18)20(24)23(3)10-11-25-19-7-5-4-6-17(19)21/h4-9,12,22H,10-11H2,1-3H3. The van der Waals surface area contributed by atoms with Crippen LogP contribution in [0.5, 0.6) is 5.75 Å². The number of nitrogens with zero attached hydrogens (tertiary/aromatic N) is 1. The predicted octanol–water partition coefficient (Wildman–Crippen LogP) is 4.07. The Bertz CT molecular complexity index is 917. The number of hydrogen-bond acceptors (Lipinski definition) is 2. The highest BCUT2D eigenvalue weighted by atomic mass is 19.1. The average Bonchev–Trinajstić information content (AvgIpc) is 2.90. The number of fused-ring (bicyclic) bond motifs is 1. The van der Waals surface area contributed by atoms with Crippen molar-refractivity contribution in [2.45, 2.75) is 13.8 Å². The van der Waals surface area contributed by atoms with E-state index in [0.29, 0.717) is 12.1 Å². The van der Waals surface area contributed by atoms with Gasteiger partial charge in [0, 0.05) is 29.2 Å². The molecule has 0 aliphatic heterocycles. The van der Waals surface area contributed by atoms with Gasteiger partial charge in [0.25, 0.3) is 5.91 Å². The number of carbonyl (C=O) groups excluding carboxylic acids is 1. The van der Waals surface area contributed by atoms with Crippen molar-refractivity contribution in [3.63, 3.8) is 0 Å². The van der Waals surface area contributed by atoms with E-state index in [9.17, 15) is 9.18 Å². The van der Waals surface area contributed by atoms with Crippen molar-refractivity contribution in [3.8, 4) is 5.75 Å². The van der Waals surface area contributed by atoms with Crippen LogP contribution in [0.1, 0.15) is 21.6 Å². The van der Waals surface area contributed by atoms with E-state index in [4.69, 9.17) is 4.74 Å². The maximum atomic E-state index is 13.5. The summed E-state index contributed by atoms with van der Waals surface area (Å²) < 4.78 is 18.9. The third-order valence-electron chi connectivity index (χ3n) is 4.42. The lowest BCUT2D eigenvalue weighted by Gasteiger charge is -2.18. The van der Waals surface area contributed by atoms with Gasteiger partial charge in [-0.05, 0) is 49.7 Å². The maximum Gasteiger partial charge on any atom is 0.253 e. The van der Waals surface area contributed by atoms with Gasteiger partial charge in [-0.3, -0.25) is 4.79 Å². The van der Waals surface area contributed by atoms with Gasteiger partial charge < -0.3 is 14.6 Å². The van der Waals surface area contributed by atoms with Crippen LogP contribution in [0.15, 0.2) is 42.5 Å². The van der Waals surface area contributed by atoms with Crippen LogP contribution in [0.2, 0.25) is 0 Å². The lowest BCUT2D eigenvalue weighted by molar-refractivity contribution is 0.0773. The monoisotopic (exact) mass is 340 g/mol. The fourth-order valence-electron chi connectivity index (χ4n) is 2.77. The lowest BCUT2D eigenvalue weighted by Crippen LogP contribution is -2.30. The predicted molar refractivity (Wildman–Crippen MR) is 96.6 cm³/mol. The molecule has 1 N–H and O–H groups in total. The number of nitrogens with one attached hydrogen (secondary N) is 1. The van der Waals surface area contributed by atoms with Gasteiger partial charge in [0.05, 0.1) is 6.54 Å². The molecule has 5 heteroatoms. The molecule has 1 amide bonds. The second-order valence-electron chi connectivity index (χ2n) is 6.14. The van der Waals surface area contributed by atoms with Crippen molar-refractivity contribution in [1.29, 1.82) is 0 Å². The summed E-state index contributed by atoms with van der Waals surface area (Å²) >= 11 is 0. The Labute approximate surface area is 146 Å². The zero-order chi connectivity index (χ0) is 18.0. The Morgan fingerprint density at radius 2 is 1.96 bits per heavy atom. The van der Waals surface area contributed by atoms with E-state index in [1.807, 2.05) is 32.0 Å². The molecule has 3 aromatic rings. The van der Waals surface area contributed by atoms with E-state index in [1.54, 1.807) is 30.1 Å². The number of ether oxygens (including phenoxy) is 1. The highest BCUT2D eigenvalue weighted by Gasteiger charge is 2.14. The van der Waals surface area contributed by atoms with Gasteiger partial charge in [-0.2, -0.15) is 0 Å². The molecule has 0 saturated heterocycles. The van der Waals surface area contributed by atoms with Gasteiger partial charge in [0.15, 0.2) is 11.6 Å². The zero-order valence-corrected chi connectivity index (χ0v) is 14.6. The summed E-state index contributed by atoms with van der Waals surface area (Å²) in [6, 6.07) is 11.9. The first-order chi connectivity index (χ1) is 12.0. The van der Waals surface area contributed by atoms with Crippen molar-refractivity contribution in [2.24, 2.45) is 0 Å². The van der Waals surface area contributed by atoms with E-state index < -0.39 is 5.82 Å². The smallest absolute Gasteiger partial charge is 0.253 e. The number of benzene rings is 2. The summed E-state index contributed by atoms with van der Waals surface area (Å²) in [6.45, 7) is 4.65. The molecule has 0 fully saturated rings. The number of carbonyl (C=O) groups is 1. The second-order valence-corrected chi connectivity index (χ2v) is 6.14. The van der Waals surface area contributed by atoms with Crippen LogP contribution in [0, 0.1) is 19.7 Å². The SMILES string of the molecule is Cc1[nH]c2ccc(C(=O)N(C)CCOc3ccccc3F)cc2c1C.